The second-order valence-electron chi connectivity index (χ2n) is 3.94. The molecule has 0 saturated heterocycles. The number of aromatic amines is 1. The van der Waals surface area contributed by atoms with Gasteiger partial charge in [0.1, 0.15) is 11.5 Å². The highest BCUT2D eigenvalue weighted by Gasteiger charge is 2.15. The van der Waals surface area contributed by atoms with E-state index in [2.05, 4.69) is 20.5 Å². The summed E-state index contributed by atoms with van der Waals surface area (Å²) in [5, 5.41) is 11.8. The molecule has 0 unspecified atom stereocenters. The number of aryl methyl sites for hydroxylation is 1. The minimum atomic E-state index is -0.434. The molecule has 5 nitrogen and oxygen atoms in total. The lowest BCUT2D eigenvalue weighted by molar-refractivity contribution is 0.102. The Morgan fingerprint density at radius 3 is 3.05 bits per heavy atom. The molecule has 0 fully saturated rings. The van der Waals surface area contributed by atoms with Gasteiger partial charge in [0, 0.05) is 5.38 Å². The number of carbonyl (C=O) groups is 1. The van der Waals surface area contributed by atoms with Crippen LogP contribution in [-0.4, -0.2) is 21.1 Å². The van der Waals surface area contributed by atoms with Crippen LogP contribution in [0, 0.1) is 12.7 Å². The van der Waals surface area contributed by atoms with Crippen LogP contribution in [0.1, 0.15) is 15.5 Å². The predicted octanol–water partition coefficient (Wildman–Crippen LogP) is 2.72. The highest BCUT2D eigenvalue weighted by atomic mass is 32.1. The second-order valence-corrected chi connectivity index (χ2v) is 5.00. The van der Waals surface area contributed by atoms with Gasteiger partial charge >= 0.3 is 0 Å². The van der Waals surface area contributed by atoms with E-state index >= 15 is 0 Å². The van der Waals surface area contributed by atoms with Crippen LogP contribution in [0.4, 0.5) is 10.2 Å². The average molecular weight is 276 g/mol. The number of benzene rings is 1. The fourth-order valence-corrected chi connectivity index (χ4v) is 2.35. The Morgan fingerprint density at radius 1 is 1.47 bits per heavy atom. The first kappa shape index (κ1) is 11.8. The standard InChI is InChI=1S/C12H9FN4OS/c1-6-14-9(5-19-6)12(18)15-11-10-7(13)3-2-4-8(10)16-17-11/h2-5H,1H3,(H2,15,16,17,18). The number of nitrogens with one attached hydrogen (secondary N) is 2. The fraction of sp³-hybridized carbons (Fsp3) is 0.0833. The first-order valence-electron chi connectivity index (χ1n) is 5.51. The Labute approximate surface area is 111 Å². The quantitative estimate of drug-likeness (QED) is 0.756. The maximum atomic E-state index is 13.7. The monoisotopic (exact) mass is 276 g/mol. The zero-order valence-electron chi connectivity index (χ0n) is 9.90. The zero-order valence-corrected chi connectivity index (χ0v) is 10.7. The number of hydrogen-bond acceptors (Lipinski definition) is 4. The summed E-state index contributed by atoms with van der Waals surface area (Å²) in [5.41, 5.74) is 0.833. The summed E-state index contributed by atoms with van der Waals surface area (Å²) >= 11 is 1.38. The number of H-pyrrole nitrogens is 1. The third-order valence-corrected chi connectivity index (χ3v) is 3.40. The van der Waals surface area contributed by atoms with E-state index in [1.54, 1.807) is 17.5 Å². The maximum absolute atomic E-state index is 13.7. The zero-order chi connectivity index (χ0) is 13.4. The molecule has 1 aromatic carbocycles. The highest BCUT2D eigenvalue weighted by molar-refractivity contribution is 7.09. The number of nitrogens with zero attached hydrogens (tertiary/aromatic N) is 2. The van der Waals surface area contributed by atoms with Crippen LogP contribution in [0.2, 0.25) is 0 Å². The third kappa shape index (κ3) is 2.08. The van der Waals surface area contributed by atoms with Crippen LogP contribution in [0.5, 0.6) is 0 Å². The van der Waals surface area contributed by atoms with Crippen LogP contribution in [-0.2, 0) is 0 Å². The van der Waals surface area contributed by atoms with Crippen molar-refractivity contribution in [1.29, 1.82) is 0 Å². The number of fused-ring (bicyclic) bond motifs is 1. The van der Waals surface area contributed by atoms with E-state index in [4.69, 9.17) is 0 Å². The molecule has 2 heterocycles. The van der Waals surface area contributed by atoms with Crippen molar-refractivity contribution in [3.8, 4) is 0 Å². The first-order valence-corrected chi connectivity index (χ1v) is 6.39. The van der Waals surface area contributed by atoms with E-state index in [-0.39, 0.29) is 11.2 Å². The minimum absolute atomic E-state index is 0.170. The number of rotatable bonds is 2. The average Bonchev–Trinajstić information content (AvgIpc) is 2.97. The van der Waals surface area contributed by atoms with Gasteiger partial charge in [0.05, 0.1) is 15.9 Å². The molecule has 0 spiro atoms. The number of halogens is 1. The van der Waals surface area contributed by atoms with E-state index in [0.29, 0.717) is 11.2 Å². The molecule has 96 valence electrons. The Bertz CT molecular complexity index is 764. The SMILES string of the molecule is Cc1nc(C(=O)Nc2n[nH]c3cccc(F)c23)cs1. The lowest BCUT2D eigenvalue weighted by atomic mass is 10.2. The van der Waals surface area contributed by atoms with Gasteiger partial charge in [-0.3, -0.25) is 9.89 Å². The van der Waals surface area contributed by atoms with Gasteiger partial charge in [-0.15, -0.1) is 11.3 Å². The van der Waals surface area contributed by atoms with E-state index in [9.17, 15) is 9.18 Å². The van der Waals surface area contributed by atoms with Crippen molar-refractivity contribution in [1.82, 2.24) is 15.2 Å². The van der Waals surface area contributed by atoms with Gasteiger partial charge in [-0.1, -0.05) is 6.07 Å². The Kier molecular flexibility index (Phi) is 2.75. The van der Waals surface area contributed by atoms with Crippen molar-refractivity contribution in [2.75, 3.05) is 5.32 Å². The van der Waals surface area contributed by atoms with Gasteiger partial charge < -0.3 is 5.32 Å². The number of anilines is 1. The van der Waals surface area contributed by atoms with Crippen molar-refractivity contribution in [2.45, 2.75) is 6.92 Å². The summed E-state index contributed by atoms with van der Waals surface area (Å²) in [6.45, 7) is 1.81. The summed E-state index contributed by atoms with van der Waals surface area (Å²) in [6.07, 6.45) is 0. The summed E-state index contributed by atoms with van der Waals surface area (Å²) < 4.78 is 13.7. The van der Waals surface area contributed by atoms with Gasteiger partial charge in [0.25, 0.3) is 5.91 Å². The molecule has 0 atom stereocenters. The van der Waals surface area contributed by atoms with Crippen LogP contribution < -0.4 is 5.32 Å². The normalized spacial score (nSPS) is 10.8. The number of hydrogen-bond donors (Lipinski definition) is 2. The lowest BCUT2D eigenvalue weighted by Crippen LogP contribution is -2.13. The van der Waals surface area contributed by atoms with Crippen molar-refractivity contribution >= 4 is 34.0 Å². The molecule has 2 N–H and O–H groups in total. The van der Waals surface area contributed by atoms with Crippen molar-refractivity contribution in [3.63, 3.8) is 0 Å². The Morgan fingerprint density at radius 2 is 2.32 bits per heavy atom. The molecule has 0 aliphatic heterocycles. The number of carbonyl (C=O) groups excluding carboxylic acids is 1. The topological polar surface area (TPSA) is 70.7 Å². The fourth-order valence-electron chi connectivity index (χ4n) is 1.76. The lowest BCUT2D eigenvalue weighted by Gasteiger charge is -2.00. The van der Waals surface area contributed by atoms with Crippen molar-refractivity contribution in [3.05, 3.63) is 40.1 Å². The maximum Gasteiger partial charge on any atom is 0.276 e. The van der Waals surface area contributed by atoms with Crippen LogP contribution in [0.15, 0.2) is 23.6 Å². The molecular weight excluding hydrogens is 267 g/mol. The molecule has 3 aromatic rings. The van der Waals surface area contributed by atoms with Crippen molar-refractivity contribution < 1.29 is 9.18 Å². The van der Waals surface area contributed by atoms with Crippen LogP contribution in [0.25, 0.3) is 10.9 Å². The molecule has 0 bridgehead atoms. The summed E-state index contributed by atoms with van der Waals surface area (Å²) in [4.78, 5) is 16.0. The number of thiazole rings is 1. The molecule has 2 aromatic heterocycles. The van der Waals surface area contributed by atoms with Crippen molar-refractivity contribution in [2.24, 2.45) is 0 Å². The summed E-state index contributed by atoms with van der Waals surface area (Å²) in [7, 11) is 0. The van der Waals surface area contributed by atoms with Gasteiger partial charge in [-0.2, -0.15) is 5.10 Å². The molecule has 0 radical (unpaired) electrons. The highest BCUT2D eigenvalue weighted by Crippen LogP contribution is 2.23. The molecule has 0 aliphatic rings. The molecule has 0 saturated carbocycles. The number of aromatic nitrogens is 3. The molecule has 3 rings (SSSR count). The molecule has 19 heavy (non-hydrogen) atoms. The third-order valence-electron chi connectivity index (χ3n) is 2.62. The number of amides is 1. The summed E-state index contributed by atoms with van der Waals surface area (Å²) in [5.74, 6) is -0.666. The minimum Gasteiger partial charge on any atom is -0.303 e. The van der Waals surface area contributed by atoms with Crippen LogP contribution in [0.3, 0.4) is 0 Å². The summed E-state index contributed by atoms with van der Waals surface area (Å²) in [6, 6.07) is 4.58. The largest absolute Gasteiger partial charge is 0.303 e. The first-order chi connectivity index (χ1) is 9.15. The van der Waals surface area contributed by atoms with E-state index in [1.165, 1.54) is 17.4 Å². The van der Waals surface area contributed by atoms with E-state index < -0.39 is 11.7 Å². The molecule has 1 amide bonds. The predicted molar refractivity (Wildman–Crippen MR) is 70.9 cm³/mol. The van der Waals surface area contributed by atoms with Gasteiger partial charge in [0.15, 0.2) is 5.82 Å². The van der Waals surface area contributed by atoms with Gasteiger partial charge in [-0.25, -0.2) is 9.37 Å². The van der Waals surface area contributed by atoms with Gasteiger partial charge in [-0.05, 0) is 19.1 Å². The molecule has 0 aliphatic carbocycles. The van der Waals surface area contributed by atoms with Crippen LogP contribution >= 0.6 is 11.3 Å². The Balaban J connectivity index is 1.96. The van der Waals surface area contributed by atoms with E-state index in [1.807, 2.05) is 6.92 Å². The second kappa shape index (κ2) is 4.43. The molecule has 7 heteroatoms. The smallest absolute Gasteiger partial charge is 0.276 e. The van der Waals surface area contributed by atoms with Gasteiger partial charge in [0.2, 0.25) is 0 Å². The van der Waals surface area contributed by atoms with E-state index in [0.717, 1.165) is 5.01 Å². The molecular formula is C12H9FN4OS. The Hall–Kier alpha value is -2.28.